The summed E-state index contributed by atoms with van der Waals surface area (Å²) in [5.74, 6) is 0.916. The number of rotatable bonds is 15. The van der Waals surface area contributed by atoms with Crippen molar-refractivity contribution in [1.29, 1.82) is 0 Å². The van der Waals surface area contributed by atoms with Gasteiger partial charge in [0, 0.05) is 65.6 Å². The minimum atomic E-state index is -0.466. The Balaban J connectivity index is 0.000000172. The number of nitrogens with zero attached hydrogens (tertiary/aromatic N) is 6. The Morgan fingerprint density at radius 1 is 0.522 bits per heavy atom. The van der Waals surface area contributed by atoms with Gasteiger partial charge in [-0.2, -0.15) is 0 Å². The highest BCUT2D eigenvalue weighted by Gasteiger charge is 2.19. The van der Waals surface area contributed by atoms with Gasteiger partial charge in [-0.1, -0.05) is 48.5 Å². The number of aromatic amines is 2. The van der Waals surface area contributed by atoms with Crippen LogP contribution in [0, 0.1) is 25.5 Å². The number of halogens is 2. The van der Waals surface area contributed by atoms with Gasteiger partial charge in [-0.05, 0) is 110 Å². The predicted molar refractivity (Wildman–Crippen MR) is 263 cm³/mol. The molecule has 0 bridgehead atoms. The number of nitrogens with one attached hydrogen (secondary N) is 2. The van der Waals surface area contributed by atoms with Crippen molar-refractivity contribution in [2.45, 2.75) is 26.7 Å². The van der Waals surface area contributed by atoms with Gasteiger partial charge >= 0.3 is 0 Å². The van der Waals surface area contributed by atoms with E-state index in [4.69, 9.17) is 39.3 Å². The fourth-order valence-corrected chi connectivity index (χ4v) is 7.92. The number of ether oxygens (including phenoxy) is 3. The molecule has 0 saturated heterocycles. The second-order valence-electron chi connectivity index (χ2n) is 16.3. The van der Waals surface area contributed by atoms with E-state index in [9.17, 15) is 8.78 Å². The third kappa shape index (κ3) is 11.0. The minimum absolute atomic E-state index is 0.0330. The van der Waals surface area contributed by atoms with Gasteiger partial charge in [-0.25, -0.2) is 18.7 Å². The van der Waals surface area contributed by atoms with E-state index in [0.29, 0.717) is 19.4 Å². The molecule has 69 heavy (non-hydrogen) atoms. The van der Waals surface area contributed by atoms with Crippen molar-refractivity contribution in [3.05, 3.63) is 192 Å². The first-order valence-corrected chi connectivity index (χ1v) is 22.4. The number of aryl methyl sites for hydroxylation is 2. The van der Waals surface area contributed by atoms with Gasteiger partial charge in [0.25, 0.3) is 0 Å². The summed E-state index contributed by atoms with van der Waals surface area (Å²) in [5.41, 5.74) is 12.2. The highest BCUT2D eigenvalue weighted by molar-refractivity contribution is 5.88. The standard InChI is InChI=1S/C28H25FN4O2.C27H23FN4O2/c1-18-5-3-7-24(31-18)28-27(21-9-11-23-20(17-21)6-4-12-30-23)32-26(33-28)16-19-8-10-22(29)25(15-19)35-14-13-34-2;1-17-4-2-6-23(30-17)27-26(20-8-10-22-19(16-20)5-3-11-29-22)31-25(32-27)15-18-7-9-21(28)24(14-18)34-13-12-33/h3-12,15,17H,13-14,16H2,1-2H3,(H,32,33);2-11,14,16,33H,12-13,15H2,1H3,(H,31,32). The average Bonchev–Trinajstić information content (AvgIpc) is 4.00. The van der Waals surface area contributed by atoms with E-state index in [1.165, 1.54) is 12.1 Å². The highest BCUT2D eigenvalue weighted by Crippen LogP contribution is 2.34. The summed E-state index contributed by atoms with van der Waals surface area (Å²) in [4.78, 5) is 35.0. The molecule has 0 saturated carbocycles. The van der Waals surface area contributed by atoms with Gasteiger partial charge in [-0.15, -0.1) is 0 Å². The average molecular weight is 923 g/mol. The maximum atomic E-state index is 14.2. The van der Waals surface area contributed by atoms with Crippen LogP contribution in [0.3, 0.4) is 0 Å². The van der Waals surface area contributed by atoms with Crippen molar-refractivity contribution < 1.29 is 28.1 Å². The summed E-state index contributed by atoms with van der Waals surface area (Å²) in [7, 11) is 1.58. The van der Waals surface area contributed by atoms with E-state index in [1.54, 1.807) is 43.8 Å². The van der Waals surface area contributed by atoms with Gasteiger partial charge in [0.05, 0.1) is 58.4 Å². The maximum absolute atomic E-state index is 14.2. The topological polar surface area (TPSA) is 157 Å². The first kappa shape index (κ1) is 45.9. The second-order valence-corrected chi connectivity index (χ2v) is 16.3. The number of aromatic nitrogens is 8. The zero-order chi connectivity index (χ0) is 47.7. The Kier molecular flexibility index (Phi) is 14.1. The number of hydrogen-bond donors (Lipinski definition) is 3. The minimum Gasteiger partial charge on any atom is -0.488 e. The van der Waals surface area contributed by atoms with Crippen molar-refractivity contribution in [2.75, 3.05) is 33.5 Å². The quantitative estimate of drug-likeness (QED) is 0.0846. The van der Waals surface area contributed by atoms with Crippen LogP contribution in [0.25, 0.3) is 67.1 Å². The Labute approximate surface area is 397 Å². The van der Waals surface area contributed by atoms with Crippen LogP contribution in [0.1, 0.15) is 34.2 Å². The molecule has 10 aromatic rings. The Bertz CT molecular complexity index is 3390. The molecule has 10 rings (SSSR count). The normalized spacial score (nSPS) is 11.2. The summed E-state index contributed by atoms with van der Waals surface area (Å²) >= 11 is 0. The molecule has 6 aromatic heterocycles. The monoisotopic (exact) mass is 922 g/mol. The molecule has 14 heteroatoms. The summed E-state index contributed by atoms with van der Waals surface area (Å²) < 4.78 is 44.1. The lowest BCUT2D eigenvalue weighted by atomic mass is 10.1. The molecule has 3 N–H and O–H groups in total. The highest BCUT2D eigenvalue weighted by atomic mass is 19.1. The molecule has 0 spiro atoms. The van der Waals surface area contributed by atoms with Crippen LogP contribution in [0.4, 0.5) is 8.78 Å². The summed E-state index contributed by atoms with van der Waals surface area (Å²) in [6, 6.07) is 41.4. The molecule has 0 atom stereocenters. The van der Waals surface area contributed by atoms with Crippen molar-refractivity contribution >= 4 is 21.8 Å². The van der Waals surface area contributed by atoms with Gasteiger partial charge in [0.2, 0.25) is 0 Å². The van der Waals surface area contributed by atoms with Crippen LogP contribution in [-0.2, 0) is 17.6 Å². The van der Waals surface area contributed by atoms with Crippen molar-refractivity contribution in [1.82, 2.24) is 39.9 Å². The molecule has 4 aromatic carbocycles. The summed E-state index contributed by atoms with van der Waals surface area (Å²) in [6.45, 7) is 4.44. The number of H-pyrrole nitrogens is 2. The van der Waals surface area contributed by atoms with Crippen molar-refractivity contribution in [2.24, 2.45) is 0 Å². The number of hydrogen-bond acceptors (Lipinski definition) is 10. The maximum Gasteiger partial charge on any atom is 0.165 e. The smallest absolute Gasteiger partial charge is 0.165 e. The second kappa shape index (κ2) is 21.2. The number of fused-ring (bicyclic) bond motifs is 2. The summed E-state index contributed by atoms with van der Waals surface area (Å²) in [5, 5.41) is 11.0. The molecular formula is C55H48F2N8O4. The SMILES string of the molecule is COCCOc1cc(Cc2nc(-c3ccc4ncccc4c3)c(-c3cccc(C)n3)[nH]2)ccc1F.Cc1cccc(-c2[nH]c(Cc3ccc(F)c(OCCO)c3)nc2-c2ccc3ncccc3c2)n1. The zero-order valence-corrected chi connectivity index (χ0v) is 38.2. The number of pyridine rings is 4. The predicted octanol–water partition coefficient (Wildman–Crippen LogP) is 10.8. The first-order chi connectivity index (χ1) is 33.7. The molecule has 0 radical (unpaired) electrons. The number of aliphatic hydroxyl groups is 1. The number of methoxy groups -OCH3 is 1. The van der Waals surface area contributed by atoms with Crippen LogP contribution >= 0.6 is 0 Å². The van der Waals surface area contributed by atoms with Crippen LogP contribution in [-0.4, -0.2) is 78.5 Å². The van der Waals surface area contributed by atoms with Crippen LogP contribution in [0.5, 0.6) is 11.5 Å². The van der Waals surface area contributed by atoms with Gasteiger partial charge in [0.15, 0.2) is 23.1 Å². The van der Waals surface area contributed by atoms with Gasteiger partial charge in [-0.3, -0.25) is 19.9 Å². The molecule has 0 amide bonds. The Hall–Kier alpha value is -8.20. The molecule has 0 aliphatic heterocycles. The lowest BCUT2D eigenvalue weighted by Gasteiger charge is -2.08. The summed E-state index contributed by atoms with van der Waals surface area (Å²) in [6.07, 6.45) is 4.49. The Morgan fingerprint density at radius 2 is 1.01 bits per heavy atom. The van der Waals surface area contributed by atoms with E-state index in [0.717, 1.165) is 101 Å². The molecule has 0 aliphatic carbocycles. The van der Waals surface area contributed by atoms with Gasteiger partial charge in [0.1, 0.15) is 24.9 Å². The van der Waals surface area contributed by atoms with E-state index >= 15 is 0 Å². The Morgan fingerprint density at radius 3 is 1.48 bits per heavy atom. The van der Waals surface area contributed by atoms with Crippen molar-refractivity contribution in [3.8, 4) is 56.8 Å². The van der Waals surface area contributed by atoms with Crippen LogP contribution in [0.15, 0.2) is 146 Å². The van der Waals surface area contributed by atoms with Crippen molar-refractivity contribution in [3.63, 3.8) is 0 Å². The van der Waals surface area contributed by atoms with Crippen LogP contribution < -0.4 is 9.47 Å². The van der Waals surface area contributed by atoms with Crippen LogP contribution in [0.2, 0.25) is 0 Å². The number of benzene rings is 4. The zero-order valence-electron chi connectivity index (χ0n) is 38.2. The van der Waals surface area contributed by atoms with E-state index in [-0.39, 0.29) is 31.3 Å². The first-order valence-electron chi connectivity index (χ1n) is 22.4. The molecule has 0 unspecified atom stereocenters. The fraction of sp³-hybridized carbons (Fsp3) is 0.164. The lowest BCUT2D eigenvalue weighted by molar-refractivity contribution is 0.144. The van der Waals surface area contributed by atoms with E-state index in [1.807, 2.05) is 98.8 Å². The molecule has 0 aliphatic rings. The molecule has 0 fully saturated rings. The number of imidazole rings is 2. The largest absolute Gasteiger partial charge is 0.488 e. The fourth-order valence-electron chi connectivity index (χ4n) is 7.92. The molecule has 12 nitrogen and oxygen atoms in total. The van der Waals surface area contributed by atoms with E-state index < -0.39 is 11.6 Å². The molecular weight excluding hydrogens is 875 g/mol. The number of aliphatic hydroxyl groups excluding tert-OH is 1. The third-order valence-corrected chi connectivity index (χ3v) is 11.2. The van der Waals surface area contributed by atoms with E-state index in [2.05, 4.69) is 32.1 Å². The molecule has 346 valence electrons. The molecule has 6 heterocycles. The van der Waals surface area contributed by atoms with Gasteiger partial charge < -0.3 is 29.3 Å². The lowest BCUT2D eigenvalue weighted by Crippen LogP contribution is -2.06. The third-order valence-electron chi connectivity index (χ3n) is 11.2.